The van der Waals surface area contributed by atoms with Gasteiger partial charge >= 0.3 is 0 Å². The number of hydrogen-bond donors (Lipinski definition) is 2. The van der Waals surface area contributed by atoms with E-state index in [0.717, 1.165) is 43.0 Å². The molecule has 4 rings (SSSR count). The van der Waals surface area contributed by atoms with Gasteiger partial charge in [0.1, 0.15) is 28.8 Å². The van der Waals surface area contributed by atoms with Gasteiger partial charge in [-0.3, -0.25) is 9.78 Å². The summed E-state index contributed by atoms with van der Waals surface area (Å²) in [5.74, 6) is -2.88. The van der Waals surface area contributed by atoms with Crippen LogP contribution in [0, 0.1) is 23.4 Å². The van der Waals surface area contributed by atoms with Crippen LogP contribution >= 0.6 is 0 Å². The molecule has 0 spiro atoms. The smallest absolute Gasteiger partial charge is 0.274 e. The van der Waals surface area contributed by atoms with Gasteiger partial charge in [0.25, 0.3) is 5.91 Å². The fourth-order valence-electron chi connectivity index (χ4n) is 4.43. The van der Waals surface area contributed by atoms with Crippen molar-refractivity contribution in [2.75, 3.05) is 5.32 Å². The summed E-state index contributed by atoms with van der Waals surface area (Å²) >= 11 is 0. The number of rotatable bonds is 4. The van der Waals surface area contributed by atoms with Crippen LogP contribution in [0.5, 0.6) is 0 Å². The average molecular weight is 440 g/mol. The largest absolute Gasteiger partial charge is 0.328 e. The van der Waals surface area contributed by atoms with E-state index in [2.05, 4.69) is 22.2 Å². The number of amides is 1. The topological polar surface area (TPSA) is 80.9 Å². The number of nitrogens with one attached hydrogen (secondary N) is 1. The number of anilines is 1. The second-order valence-corrected chi connectivity index (χ2v) is 8.31. The molecule has 3 aromatic rings. The highest BCUT2D eigenvalue weighted by Gasteiger charge is 2.28. The van der Waals surface area contributed by atoms with Gasteiger partial charge in [-0.1, -0.05) is 13.0 Å². The van der Waals surface area contributed by atoms with E-state index in [1.54, 1.807) is 12.4 Å². The Morgan fingerprint density at radius 2 is 1.78 bits per heavy atom. The molecule has 32 heavy (non-hydrogen) atoms. The van der Waals surface area contributed by atoms with Crippen LogP contribution in [-0.4, -0.2) is 21.9 Å². The Bertz CT molecular complexity index is 1120. The molecular weight excluding hydrogens is 417 g/mol. The standard InChI is InChI=1S/C24H23F3N4O/c1-13-9-14(11-15(28)10-13)16-7-8-29-12-21(16)31-24(32)20-6-5-19(27)23(30-20)22-17(25)3-2-4-18(22)26/h2-8,12-15H,9-11,28H2,1H3,(H,31,32)/t13-,14?,15-/m0/s1. The normalized spacial score (nSPS) is 20.7. The van der Waals surface area contributed by atoms with Crippen LogP contribution in [-0.2, 0) is 0 Å². The van der Waals surface area contributed by atoms with Crippen molar-refractivity contribution < 1.29 is 18.0 Å². The van der Waals surface area contributed by atoms with Crippen LogP contribution in [0.25, 0.3) is 11.3 Å². The Balaban J connectivity index is 1.64. The van der Waals surface area contributed by atoms with Gasteiger partial charge in [0.15, 0.2) is 0 Å². The molecule has 3 atom stereocenters. The Hall–Kier alpha value is -3.26. The van der Waals surface area contributed by atoms with Crippen molar-refractivity contribution in [3.05, 3.63) is 77.5 Å². The molecule has 1 aliphatic carbocycles. The number of benzene rings is 1. The summed E-state index contributed by atoms with van der Waals surface area (Å²) in [4.78, 5) is 20.9. The molecule has 1 aromatic carbocycles. The van der Waals surface area contributed by atoms with E-state index in [1.807, 2.05) is 6.07 Å². The van der Waals surface area contributed by atoms with E-state index in [1.165, 1.54) is 12.1 Å². The molecule has 5 nitrogen and oxygen atoms in total. The minimum atomic E-state index is -0.966. The zero-order chi connectivity index (χ0) is 22.8. The first-order valence-electron chi connectivity index (χ1n) is 10.4. The van der Waals surface area contributed by atoms with E-state index in [4.69, 9.17) is 5.73 Å². The molecule has 1 fully saturated rings. The van der Waals surface area contributed by atoms with Gasteiger partial charge < -0.3 is 11.1 Å². The molecule has 1 saturated carbocycles. The van der Waals surface area contributed by atoms with Crippen LogP contribution in [0.4, 0.5) is 18.9 Å². The maximum Gasteiger partial charge on any atom is 0.274 e. The fraction of sp³-hybridized carbons (Fsp3) is 0.292. The van der Waals surface area contributed by atoms with Gasteiger partial charge in [-0.25, -0.2) is 18.2 Å². The number of nitrogens with two attached hydrogens (primary N) is 1. The van der Waals surface area contributed by atoms with E-state index < -0.39 is 34.6 Å². The predicted octanol–water partition coefficient (Wildman–Crippen LogP) is 5.04. The summed E-state index contributed by atoms with van der Waals surface area (Å²) in [5.41, 5.74) is 6.26. The maximum absolute atomic E-state index is 14.3. The fourth-order valence-corrected chi connectivity index (χ4v) is 4.43. The van der Waals surface area contributed by atoms with Crippen molar-refractivity contribution in [2.24, 2.45) is 11.7 Å². The van der Waals surface area contributed by atoms with E-state index in [0.29, 0.717) is 11.6 Å². The molecule has 0 radical (unpaired) electrons. The average Bonchev–Trinajstić information content (AvgIpc) is 2.74. The molecule has 0 aliphatic heterocycles. The summed E-state index contributed by atoms with van der Waals surface area (Å²) in [6, 6.07) is 7.25. The third-order valence-corrected chi connectivity index (χ3v) is 5.80. The van der Waals surface area contributed by atoms with Gasteiger partial charge in [0.05, 0.1) is 17.4 Å². The second kappa shape index (κ2) is 9.08. The van der Waals surface area contributed by atoms with Crippen molar-refractivity contribution in [1.29, 1.82) is 0 Å². The molecule has 3 N–H and O–H groups in total. The second-order valence-electron chi connectivity index (χ2n) is 8.31. The first-order valence-corrected chi connectivity index (χ1v) is 10.4. The monoisotopic (exact) mass is 440 g/mol. The van der Waals surface area contributed by atoms with Crippen molar-refractivity contribution in [2.45, 2.75) is 38.1 Å². The van der Waals surface area contributed by atoms with Crippen LogP contribution in [0.2, 0.25) is 0 Å². The summed E-state index contributed by atoms with van der Waals surface area (Å²) in [5, 5.41) is 2.77. The Kier molecular flexibility index (Phi) is 6.23. The van der Waals surface area contributed by atoms with Crippen molar-refractivity contribution in [3.8, 4) is 11.3 Å². The van der Waals surface area contributed by atoms with Gasteiger partial charge in [-0.15, -0.1) is 0 Å². The molecule has 2 heterocycles. The summed E-state index contributed by atoms with van der Waals surface area (Å²) in [6.07, 6.45) is 5.89. The highest BCUT2D eigenvalue weighted by molar-refractivity contribution is 6.03. The summed E-state index contributed by atoms with van der Waals surface area (Å²) < 4.78 is 42.6. The number of halogens is 3. The lowest BCUT2D eigenvalue weighted by molar-refractivity contribution is 0.102. The lowest BCUT2D eigenvalue weighted by Gasteiger charge is -2.32. The Morgan fingerprint density at radius 1 is 1.03 bits per heavy atom. The van der Waals surface area contributed by atoms with Gasteiger partial charge in [0, 0.05) is 12.2 Å². The molecule has 8 heteroatoms. The van der Waals surface area contributed by atoms with Crippen LogP contribution in [0.15, 0.2) is 48.8 Å². The molecule has 1 amide bonds. The number of carbonyl (C=O) groups is 1. The van der Waals surface area contributed by atoms with Crippen molar-refractivity contribution in [3.63, 3.8) is 0 Å². The minimum Gasteiger partial charge on any atom is -0.328 e. The molecule has 166 valence electrons. The number of aromatic nitrogens is 2. The molecule has 1 unspecified atom stereocenters. The van der Waals surface area contributed by atoms with Gasteiger partial charge in [0.2, 0.25) is 0 Å². The zero-order valence-corrected chi connectivity index (χ0v) is 17.5. The van der Waals surface area contributed by atoms with Crippen molar-refractivity contribution >= 4 is 11.6 Å². The molecule has 1 aliphatic rings. The zero-order valence-electron chi connectivity index (χ0n) is 17.5. The maximum atomic E-state index is 14.3. The minimum absolute atomic E-state index is 0.0810. The number of hydrogen-bond acceptors (Lipinski definition) is 4. The molecule has 2 aromatic heterocycles. The Morgan fingerprint density at radius 3 is 2.50 bits per heavy atom. The summed E-state index contributed by atoms with van der Waals surface area (Å²) in [7, 11) is 0. The molecular formula is C24H23F3N4O. The van der Waals surface area contributed by atoms with E-state index in [9.17, 15) is 18.0 Å². The quantitative estimate of drug-likeness (QED) is 0.595. The molecule has 0 saturated heterocycles. The Labute approximate surface area is 183 Å². The highest BCUT2D eigenvalue weighted by Crippen LogP contribution is 2.38. The number of pyridine rings is 2. The number of nitrogens with zero attached hydrogens (tertiary/aromatic N) is 2. The third-order valence-electron chi connectivity index (χ3n) is 5.80. The molecule has 0 bridgehead atoms. The predicted molar refractivity (Wildman–Crippen MR) is 115 cm³/mol. The van der Waals surface area contributed by atoms with Gasteiger partial charge in [-0.2, -0.15) is 0 Å². The number of carbonyl (C=O) groups excluding carboxylic acids is 1. The van der Waals surface area contributed by atoms with Crippen LogP contribution in [0.3, 0.4) is 0 Å². The first-order chi connectivity index (χ1) is 15.3. The van der Waals surface area contributed by atoms with Crippen LogP contribution in [0.1, 0.15) is 48.2 Å². The lowest BCUT2D eigenvalue weighted by atomic mass is 9.76. The highest BCUT2D eigenvalue weighted by atomic mass is 19.1. The van der Waals surface area contributed by atoms with Crippen LogP contribution < -0.4 is 11.1 Å². The van der Waals surface area contributed by atoms with Gasteiger partial charge in [-0.05, 0) is 67.0 Å². The van der Waals surface area contributed by atoms with Crippen molar-refractivity contribution in [1.82, 2.24) is 9.97 Å². The lowest BCUT2D eigenvalue weighted by Crippen LogP contribution is -2.31. The van der Waals surface area contributed by atoms with E-state index >= 15 is 0 Å². The first kappa shape index (κ1) is 22.0. The summed E-state index contributed by atoms with van der Waals surface area (Å²) in [6.45, 7) is 2.15. The SMILES string of the molecule is C[C@H]1CC(c2ccncc2NC(=O)c2ccc(F)c(-c3c(F)cccc3F)n2)C[C@@H](N)C1. The third kappa shape index (κ3) is 4.50. The van der Waals surface area contributed by atoms with E-state index in [-0.39, 0.29) is 17.7 Å².